The van der Waals surface area contributed by atoms with E-state index < -0.39 is 0 Å². The molecule has 1 aliphatic heterocycles. The summed E-state index contributed by atoms with van der Waals surface area (Å²) in [6.07, 6.45) is 1.88. The molecule has 362 valence electrons. The predicted octanol–water partition coefficient (Wildman–Crippen LogP) is 17.4. The van der Waals surface area contributed by atoms with Crippen LogP contribution in [0.5, 0.6) is 11.5 Å². The summed E-state index contributed by atoms with van der Waals surface area (Å²) in [5, 5.41) is 2.14. The fourth-order valence-electron chi connectivity index (χ4n) is 9.83. The average Bonchev–Trinajstić information content (AvgIpc) is 3.92. The van der Waals surface area contributed by atoms with Crippen LogP contribution >= 0.6 is 0 Å². The molecule has 2 aromatic heterocycles. The van der Waals surface area contributed by atoms with Gasteiger partial charge in [-0.15, -0.1) is 29.1 Å². The predicted molar refractivity (Wildman–Crippen MR) is 291 cm³/mol. The number of benzene rings is 8. The van der Waals surface area contributed by atoms with Gasteiger partial charge in [-0.1, -0.05) is 156 Å². The Balaban J connectivity index is 0.00000611. The van der Waals surface area contributed by atoms with Gasteiger partial charge in [-0.05, 0) is 115 Å². The van der Waals surface area contributed by atoms with Crippen LogP contribution < -0.4 is 13.9 Å². The quantitative estimate of drug-likeness (QED) is 0.107. The van der Waals surface area contributed by atoms with Crippen molar-refractivity contribution in [3.05, 3.63) is 217 Å². The summed E-state index contributed by atoms with van der Waals surface area (Å²) >= 11 is 0. The normalized spacial score (nSPS) is 12.5. The van der Waals surface area contributed by atoms with E-state index >= 15 is 0 Å². The molecule has 0 saturated carbocycles. The molecule has 0 fully saturated rings. The van der Waals surface area contributed by atoms with Gasteiger partial charge in [0, 0.05) is 35.3 Å². The summed E-state index contributed by atoms with van der Waals surface area (Å²) in [5.74, 6) is 1.43. The van der Waals surface area contributed by atoms with Gasteiger partial charge >= 0.3 is 27.1 Å². The zero-order valence-electron chi connectivity index (χ0n) is 42.1. The molecule has 0 spiro atoms. The molecule has 0 bridgehead atoms. The Morgan fingerprint density at radius 1 is 0.562 bits per heavy atom. The third-order valence-corrected chi connectivity index (χ3v) is 13.7. The molecule has 5 nitrogen and oxygen atoms in total. The maximum absolute atomic E-state index is 14.7. The van der Waals surface area contributed by atoms with Crippen molar-refractivity contribution in [1.82, 2.24) is 18.7 Å². The molecular weight excluding hydrogens is 1090 g/mol. The summed E-state index contributed by atoms with van der Waals surface area (Å²) < 4.78 is 42.5. The molecule has 73 heavy (non-hydrogen) atoms. The minimum Gasteiger partial charge on any atom is -0.509 e. The van der Waals surface area contributed by atoms with Crippen LogP contribution in [0.2, 0.25) is 0 Å². The molecule has 8 heteroatoms. The number of para-hydroxylation sites is 3. The number of fused-ring (bicyclic) bond motifs is 4. The summed E-state index contributed by atoms with van der Waals surface area (Å²) in [7, 11) is 0. The van der Waals surface area contributed by atoms with Gasteiger partial charge in [0.15, 0.2) is 0 Å². The van der Waals surface area contributed by atoms with Gasteiger partial charge in [0.25, 0.3) is 11.4 Å². The molecule has 0 unspecified atom stereocenters. The Kier molecular flexibility index (Phi) is 12.8. The molecule has 8 aromatic carbocycles. The van der Waals surface area contributed by atoms with Crippen molar-refractivity contribution in [3.8, 4) is 50.7 Å². The molecule has 3 heterocycles. The zero-order valence-corrected chi connectivity index (χ0v) is 44.4. The molecule has 11 rings (SSSR count). The first kappa shape index (κ1) is 49.0. The van der Waals surface area contributed by atoms with Gasteiger partial charge in [-0.25, -0.2) is 13.8 Å². The van der Waals surface area contributed by atoms with Crippen LogP contribution in [0.1, 0.15) is 78.0 Å². The SMILES string of the molecule is CC(C)c1ccccc1-c1cc(Oc2[c-]c3c(cc2)c2ccccc2n3-c2cc(C(C)(C)C)ccn2)[c-]c([N+]2=C=[N+](c3c(-c4ccc(F)cc4)cc(C(C)(C)C)cc3-c3ccc(F)cc3)c3ccccc32)c1.[Pt+2]. The summed E-state index contributed by atoms with van der Waals surface area (Å²) in [6.45, 7) is 17.6. The van der Waals surface area contributed by atoms with E-state index in [0.717, 1.165) is 83.6 Å². The maximum Gasteiger partial charge on any atom is 2.00 e. The number of halogens is 2. The Labute approximate surface area is 440 Å². The van der Waals surface area contributed by atoms with Gasteiger partial charge in [-0.2, -0.15) is 6.07 Å². The molecule has 0 amide bonds. The van der Waals surface area contributed by atoms with Crippen molar-refractivity contribution in [1.29, 1.82) is 0 Å². The summed E-state index contributed by atoms with van der Waals surface area (Å²) in [5.41, 5.74) is 13.7. The third-order valence-electron chi connectivity index (χ3n) is 13.7. The fourth-order valence-corrected chi connectivity index (χ4v) is 9.83. The molecule has 0 radical (unpaired) electrons. The first-order chi connectivity index (χ1) is 34.6. The maximum atomic E-state index is 14.7. The molecule has 0 saturated heterocycles. The molecular formula is C65H54F2N4OPt+2. The molecule has 1 aliphatic rings. The van der Waals surface area contributed by atoms with Crippen LogP contribution in [0.3, 0.4) is 0 Å². The van der Waals surface area contributed by atoms with Gasteiger partial charge < -0.3 is 9.30 Å². The summed E-state index contributed by atoms with van der Waals surface area (Å²) in [4.78, 5) is 4.90. The number of ether oxygens (including phenoxy) is 1. The van der Waals surface area contributed by atoms with E-state index in [0.29, 0.717) is 17.2 Å². The van der Waals surface area contributed by atoms with E-state index in [1.54, 1.807) is 0 Å². The van der Waals surface area contributed by atoms with Crippen molar-refractivity contribution < 1.29 is 34.6 Å². The van der Waals surface area contributed by atoms with Crippen LogP contribution in [0.4, 0.5) is 31.5 Å². The van der Waals surface area contributed by atoms with Crippen molar-refractivity contribution in [2.75, 3.05) is 0 Å². The van der Waals surface area contributed by atoms with E-state index in [1.807, 2.05) is 53.2 Å². The van der Waals surface area contributed by atoms with E-state index in [2.05, 4.69) is 186 Å². The first-order valence-corrected chi connectivity index (χ1v) is 24.5. The Morgan fingerprint density at radius 3 is 1.81 bits per heavy atom. The van der Waals surface area contributed by atoms with E-state index in [9.17, 15) is 8.78 Å². The van der Waals surface area contributed by atoms with Crippen molar-refractivity contribution in [3.63, 3.8) is 0 Å². The van der Waals surface area contributed by atoms with Crippen LogP contribution in [-0.2, 0) is 31.9 Å². The second kappa shape index (κ2) is 19.1. The zero-order chi connectivity index (χ0) is 50.1. The van der Waals surface area contributed by atoms with E-state index in [4.69, 9.17) is 9.72 Å². The third kappa shape index (κ3) is 9.29. The van der Waals surface area contributed by atoms with E-state index in [-0.39, 0.29) is 49.4 Å². The van der Waals surface area contributed by atoms with Crippen molar-refractivity contribution in [2.24, 2.45) is 0 Å². The number of aromatic nitrogens is 2. The monoisotopic (exact) mass is 1140 g/mol. The van der Waals surface area contributed by atoms with Crippen LogP contribution in [0, 0.1) is 23.8 Å². The van der Waals surface area contributed by atoms with Crippen LogP contribution in [-0.4, -0.2) is 15.6 Å². The minimum absolute atomic E-state index is 0. The first-order valence-electron chi connectivity index (χ1n) is 24.5. The molecule has 0 N–H and O–H groups in total. The number of nitrogens with zero attached hydrogens (tertiary/aromatic N) is 4. The molecule has 0 aliphatic carbocycles. The Hall–Kier alpha value is -7.56. The van der Waals surface area contributed by atoms with Crippen molar-refractivity contribution in [2.45, 2.75) is 72.1 Å². The van der Waals surface area contributed by atoms with Gasteiger partial charge in [0.1, 0.15) is 23.1 Å². The Bertz CT molecular complexity index is 3770. The number of hydrogen-bond donors (Lipinski definition) is 0. The molecule has 10 aromatic rings. The van der Waals surface area contributed by atoms with Crippen LogP contribution in [0.15, 0.2) is 176 Å². The number of rotatable bonds is 9. The van der Waals surface area contributed by atoms with Gasteiger partial charge in [0.2, 0.25) is 5.69 Å². The van der Waals surface area contributed by atoms with Crippen LogP contribution in [0.25, 0.3) is 61.0 Å². The number of pyridine rings is 1. The molecule has 0 atom stereocenters. The van der Waals surface area contributed by atoms with Crippen molar-refractivity contribution >= 4 is 50.6 Å². The topological polar surface area (TPSA) is 33.1 Å². The summed E-state index contributed by atoms with van der Waals surface area (Å²) in [6, 6.07) is 66.3. The second-order valence-electron chi connectivity index (χ2n) is 21.0. The second-order valence-corrected chi connectivity index (χ2v) is 21.0. The fraction of sp³-hybridized carbons (Fsp3) is 0.169. The standard InChI is InChI=1S/C65H54F2N4O.Pt/c1-41(2)52-15-9-10-16-53(52)44-33-49(38-51(34-44)72-50-29-30-55-54-17-11-12-18-58(54)71(61(55)39-50)62-37-45(31-32-68-62)64(3,4)5)69-40-70(60-20-14-13-19-59(60)69)63-56(42-21-25-47(66)26-22-42)35-46(65(6,7)8)36-57(63)43-23-27-48(67)28-24-43;/h9-37,41H,1-8H3;/q;+2. The van der Waals surface area contributed by atoms with Gasteiger partial charge in [0.05, 0.1) is 11.1 Å². The Morgan fingerprint density at radius 2 is 1.16 bits per heavy atom. The van der Waals surface area contributed by atoms with E-state index in [1.165, 1.54) is 35.4 Å². The number of hydrogen-bond acceptors (Lipinski definition) is 2. The van der Waals surface area contributed by atoms with Gasteiger partial charge in [-0.3, -0.25) is 0 Å². The minimum atomic E-state index is -0.322. The smallest absolute Gasteiger partial charge is 0.509 e. The largest absolute Gasteiger partial charge is 2.00 e. The average molecular weight is 1140 g/mol.